The lowest BCUT2D eigenvalue weighted by Gasteiger charge is -2.27. The summed E-state index contributed by atoms with van der Waals surface area (Å²) in [6.45, 7) is 9.22. The fourth-order valence-electron chi connectivity index (χ4n) is 2.79. The number of aromatic nitrogens is 2. The second-order valence-corrected chi connectivity index (χ2v) is 6.05. The summed E-state index contributed by atoms with van der Waals surface area (Å²) in [5.74, 6) is 0. The zero-order chi connectivity index (χ0) is 12.7. The number of ether oxygens (including phenoxy) is 1. The van der Waals surface area contributed by atoms with Gasteiger partial charge in [0.25, 0.3) is 0 Å². The summed E-state index contributed by atoms with van der Waals surface area (Å²) >= 11 is 0. The molecule has 0 bridgehead atoms. The highest BCUT2D eigenvalue weighted by molar-refractivity contribution is 5.07. The highest BCUT2D eigenvalue weighted by Crippen LogP contribution is 2.44. The molecule has 4 nitrogen and oxygen atoms in total. The molecule has 2 rings (SSSR count). The summed E-state index contributed by atoms with van der Waals surface area (Å²) in [5, 5.41) is 4.46. The Bertz CT molecular complexity index is 395. The molecule has 1 atom stereocenters. The molecule has 0 aromatic carbocycles. The Morgan fingerprint density at radius 2 is 2.18 bits per heavy atom. The molecular weight excluding hydrogens is 214 g/mol. The van der Waals surface area contributed by atoms with E-state index in [1.54, 1.807) is 0 Å². The van der Waals surface area contributed by atoms with Crippen LogP contribution >= 0.6 is 0 Å². The van der Waals surface area contributed by atoms with Gasteiger partial charge in [-0.1, -0.05) is 0 Å². The Hall–Kier alpha value is -0.870. The van der Waals surface area contributed by atoms with Crippen molar-refractivity contribution in [3.05, 3.63) is 18.0 Å². The van der Waals surface area contributed by atoms with Gasteiger partial charge in [-0.05, 0) is 46.2 Å². The SMILES string of the molecule is CC1(C)CC(n2cc(CCN)cn2)C(C)(C)O1. The van der Waals surface area contributed by atoms with Crippen molar-refractivity contribution in [3.63, 3.8) is 0 Å². The maximum atomic E-state index is 6.09. The van der Waals surface area contributed by atoms with Gasteiger partial charge in [-0.2, -0.15) is 5.10 Å². The van der Waals surface area contributed by atoms with E-state index in [4.69, 9.17) is 10.5 Å². The highest BCUT2D eigenvalue weighted by atomic mass is 16.5. The quantitative estimate of drug-likeness (QED) is 0.873. The molecule has 17 heavy (non-hydrogen) atoms. The molecule has 1 fully saturated rings. The van der Waals surface area contributed by atoms with Crippen LogP contribution < -0.4 is 5.73 Å². The van der Waals surface area contributed by atoms with Gasteiger partial charge in [-0.3, -0.25) is 4.68 Å². The molecule has 0 radical (unpaired) electrons. The first-order valence-electron chi connectivity index (χ1n) is 6.27. The minimum atomic E-state index is -0.171. The molecule has 1 aliphatic heterocycles. The van der Waals surface area contributed by atoms with Gasteiger partial charge >= 0.3 is 0 Å². The van der Waals surface area contributed by atoms with Gasteiger partial charge in [0.05, 0.1) is 23.4 Å². The van der Waals surface area contributed by atoms with Gasteiger partial charge < -0.3 is 10.5 Å². The molecule has 1 aromatic heterocycles. The van der Waals surface area contributed by atoms with E-state index in [1.165, 1.54) is 5.56 Å². The molecule has 1 unspecified atom stereocenters. The average molecular weight is 237 g/mol. The van der Waals surface area contributed by atoms with Crippen LogP contribution in [0.4, 0.5) is 0 Å². The van der Waals surface area contributed by atoms with E-state index in [2.05, 4.69) is 39.0 Å². The molecule has 4 heteroatoms. The Labute approximate surface area is 103 Å². The highest BCUT2D eigenvalue weighted by Gasteiger charge is 2.47. The van der Waals surface area contributed by atoms with Crippen LogP contribution in [0.5, 0.6) is 0 Å². The molecule has 2 N–H and O–H groups in total. The van der Waals surface area contributed by atoms with Gasteiger partial charge in [-0.25, -0.2) is 0 Å². The average Bonchev–Trinajstić information content (AvgIpc) is 2.68. The third kappa shape index (κ3) is 2.53. The van der Waals surface area contributed by atoms with Crippen LogP contribution in [0.15, 0.2) is 12.4 Å². The van der Waals surface area contributed by atoms with Crippen LogP contribution in [0.1, 0.15) is 45.7 Å². The third-order valence-electron chi connectivity index (χ3n) is 3.43. The first-order valence-corrected chi connectivity index (χ1v) is 6.27. The summed E-state index contributed by atoms with van der Waals surface area (Å²) in [7, 11) is 0. The second kappa shape index (κ2) is 4.10. The zero-order valence-corrected chi connectivity index (χ0v) is 11.2. The van der Waals surface area contributed by atoms with Gasteiger partial charge in [0.15, 0.2) is 0 Å². The maximum Gasteiger partial charge on any atom is 0.0857 e. The van der Waals surface area contributed by atoms with Crippen LogP contribution in [0, 0.1) is 0 Å². The number of rotatable bonds is 3. The number of hydrogen-bond acceptors (Lipinski definition) is 3. The number of hydrogen-bond donors (Lipinski definition) is 1. The van der Waals surface area contributed by atoms with E-state index < -0.39 is 0 Å². The van der Waals surface area contributed by atoms with Gasteiger partial charge in [0.2, 0.25) is 0 Å². The first-order chi connectivity index (χ1) is 7.84. The topological polar surface area (TPSA) is 53.1 Å². The predicted molar refractivity (Wildman–Crippen MR) is 67.9 cm³/mol. The second-order valence-electron chi connectivity index (χ2n) is 6.05. The summed E-state index contributed by atoms with van der Waals surface area (Å²) < 4.78 is 8.13. The van der Waals surface area contributed by atoms with E-state index in [0.29, 0.717) is 12.6 Å². The molecule has 2 heterocycles. The number of nitrogens with zero attached hydrogens (tertiary/aromatic N) is 2. The van der Waals surface area contributed by atoms with Gasteiger partial charge in [-0.15, -0.1) is 0 Å². The fraction of sp³-hybridized carbons (Fsp3) is 0.769. The Morgan fingerprint density at radius 1 is 1.47 bits per heavy atom. The van der Waals surface area contributed by atoms with Gasteiger partial charge in [0, 0.05) is 12.6 Å². The lowest BCUT2D eigenvalue weighted by Crippen LogP contribution is -2.31. The minimum Gasteiger partial charge on any atom is -0.367 e. The van der Waals surface area contributed by atoms with E-state index >= 15 is 0 Å². The maximum absolute atomic E-state index is 6.09. The summed E-state index contributed by atoms with van der Waals surface area (Å²) in [6, 6.07) is 0.295. The lowest BCUT2D eigenvalue weighted by atomic mass is 9.95. The van der Waals surface area contributed by atoms with Crippen LogP contribution in [0.25, 0.3) is 0 Å². The Kier molecular flexibility index (Phi) is 3.04. The smallest absolute Gasteiger partial charge is 0.0857 e. The molecule has 0 spiro atoms. The predicted octanol–water partition coefficient (Wildman–Crippen LogP) is 1.90. The van der Waals surface area contributed by atoms with E-state index in [-0.39, 0.29) is 11.2 Å². The van der Waals surface area contributed by atoms with Crippen molar-refractivity contribution in [2.75, 3.05) is 6.54 Å². The van der Waals surface area contributed by atoms with E-state index in [0.717, 1.165) is 12.8 Å². The first kappa shape index (κ1) is 12.6. The lowest BCUT2D eigenvalue weighted by molar-refractivity contribution is -0.0737. The Balaban J connectivity index is 2.21. The molecule has 0 aliphatic carbocycles. The fourth-order valence-corrected chi connectivity index (χ4v) is 2.79. The van der Waals surface area contributed by atoms with Gasteiger partial charge in [0.1, 0.15) is 0 Å². The molecule has 1 saturated heterocycles. The van der Waals surface area contributed by atoms with Crippen LogP contribution in [0.2, 0.25) is 0 Å². The van der Waals surface area contributed by atoms with Crippen molar-refractivity contribution in [1.82, 2.24) is 9.78 Å². The normalized spacial score (nSPS) is 26.3. The van der Waals surface area contributed by atoms with Crippen molar-refractivity contribution in [1.29, 1.82) is 0 Å². The largest absolute Gasteiger partial charge is 0.367 e. The summed E-state index contributed by atoms with van der Waals surface area (Å²) in [6.07, 6.45) is 5.89. The molecule has 96 valence electrons. The van der Waals surface area contributed by atoms with E-state index in [1.807, 2.05) is 10.9 Å². The minimum absolute atomic E-state index is 0.0753. The molecular formula is C13H23N3O. The van der Waals surface area contributed by atoms with Crippen molar-refractivity contribution in [2.24, 2.45) is 5.73 Å². The molecule has 1 aliphatic rings. The van der Waals surface area contributed by atoms with E-state index in [9.17, 15) is 0 Å². The van der Waals surface area contributed by atoms with Crippen molar-refractivity contribution < 1.29 is 4.74 Å². The summed E-state index contributed by atoms with van der Waals surface area (Å²) in [4.78, 5) is 0. The molecule has 1 aromatic rings. The number of nitrogens with two attached hydrogens (primary N) is 1. The monoisotopic (exact) mass is 237 g/mol. The summed E-state index contributed by atoms with van der Waals surface area (Å²) in [5.41, 5.74) is 6.51. The molecule has 0 saturated carbocycles. The van der Waals surface area contributed by atoms with Crippen molar-refractivity contribution >= 4 is 0 Å². The third-order valence-corrected chi connectivity index (χ3v) is 3.43. The molecule has 0 amide bonds. The zero-order valence-electron chi connectivity index (χ0n) is 11.2. The van der Waals surface area contributed by atoms with Crippen molar-refractivity contribution in [3.8, 4) is 0 Å². The van der Waals surface area contributed by atoms with Crippen molar-refractivity contribution in [2.45, 2.75) is 57.8 Å². The van der Waals surface area contributed by atoms with Crippen LogP contribution in [-0.4, -0.2) is 27.5 Å². The Morgan fingerprint density at radius 3 is 2.71 bits per heavy atom. The van der Waals surface area contributed by atoms with Crippen LogP contribution in [0.3, 0.4) is 0 Å². The standard InChI is InChI=1S/C13H23N3O/c1-12(2)7-11(13(3,4)17-12)16-9-10(5-6-14)8-15-16/h8-9,11H,5-7,14H2,1-4H3. The van der Waals surface area contributed by atoms with Crippen LogP contribution in [-0.2, 0) is 11.2 Å².